The van der Waals surface area contributed by atoms with Crippen molar-refractivity contribution in [2.45, 2.75) is 17.0 Å². The molecule has 0 saturated heterocycles. The van der Waals surface area contributed by atoms with Crippen LogP contribution in [0.2, 0.25) is 0 Å². The van der Waals surface area contributed by atoms with E-state index in [1.54, 1.807) is 11.8 Å². The average Bonchev–Trinajstić information content (AvgIpc) is 3.23. The summed E-state index contributed by atoms with van der Waals surface area (Å²) in [6, 6.07) is 25.8. The van der Waals surface area contributed by atoms with Crippen molar-refractivity contribution in [1.29, 1.82) is 5.26 Å². The molecule has 0 aliphatic carbocycles. The molecule has 3 aromatic carbocycles. The van der Waals surface area contributed by atoms with Gasteiger partial charge in [0.2, 0.25) is 0 Å². The highest BCUT2D eigenvalue weighted by Crippen LogP contribution is 2.36. The molecule has 0 radical (unpaired) electrons. The van der Waals surface area contributed by atoms with Gasteiger partial charge in [-0.1, -0.05) is 66.4 Å². The van der Waals surface area contributed by atoms with Gasteiger partial charge >= 0.3 is 0 Å². The molecule has 0 N–H and O–H groups in total. The van der Waals surface area contributed by atoms with Crippen LogP contribution in [0.3, 0.4) is 0 Å². The monoisotopic (exact) mass is 440 g/mol. The molecular weight excluding hydrogens is 420 g/mol. The molecule has 2 heterocycles. The van der Waals surface area contributed by atoms with E-state index in [0.717, 1.165) is 39.4 Å². The van der Waals surface area contributed by atoms with Gasteiger partial charge in [0.1, 0.15) is 6.61 Å². The molecule has 32 heavy (non-hydrogen) atoms. The van der Waals surface area contributed by atoms with Crippen LogP contribution in [0.4, 0.5) is 0 Å². The summed E-state index contributed by atoms with van der Waals surface area (Å²) in [5.74, 6) is 2.97. The van der Waals surface area contributed by atoms with Crippen LogP contribution in [0.5, 0.6) is 11.5 Å². The fourth-order valence-electron chi connectivity index (χ4n) is 3.64. The van der Waals surface area contributed by atoms with Crippen LogP contribution in [0.25, 0.3) is 11.1 Å². The lowest BCUT2D eigenvalue weighted by Gasteiger charge is -2.25. The summed E-state index contributed by atoms with van der Waals surface area (Å²) >= 11 is 1.62. The molecule has 5 rings (SSSR count). The number of hydrogen-bond donors (Lipinski definition) is 0. The van der Waals surface area contributed by atoms with E-state index in [-0.39, 0.29) is 6.10 Å². The van der Waals surface area contributed by atoms with Crippen LogP contribution < -0.4 is 9.47 Å². The topological polar surface area (TPSA) is 73.0 Å². The van der Waals surface area contributed by atoms with Crippen LogP contribution in [0.1, 0.15) is 23.1 Å². The fourth-order valence-corrected chi connectivity index (χ4v) is 4.51. The second-order valence-corrected chi connectivity index (χ2v) is 8.35. The van der Waals surface area contributed by atoms with Crippen LogP contribution in [0.15, 0.2) is 78.0 Å². The molecule has 1 aromatic heterocycles. The maximum absolute atomic E-state index is 9.33. The first kappa shape index (κ1) is 20.2. The van der Waals surface area contributed by atoms with Gasteiger partial charge in [0.25, 0.3) is 0 Å². The standard InChI is InChI=1S/C25H20N4O2S/c1-29-24(23-15-30-21-8-4-5-9-22(21)31-23)27-28-25(29)32-16-17-10-12-18(13-11-17)20-7-3-2-6-19(20)14-26/h2-13,23H,15-16H2,1H3. The molecule has 7 heteroatoms. The first-order chi connectivity index (χ1) is 15.7. The third kappa shape index (κ3) is 3.93. The first-order valence-electron chi connectivity index (χ1n) is 10.2. The number of nitrogens with zero attached hydrogens (tertiary/aromatic N) is 4. The zero-order valence-corrected chi connectivity index (χ0v) is 18.2. The second kappa shape index (κ2) is 8.77. The lowest BCUT2D eigenvalue weighted by Crippen LogP contribution is -2.24. The lowest BCUT2D eigenvalue weighted by molar-refractivity contribution is 0.0825. The number of thioether (sulfide) groups is 1. The lowest BCUT2D eigenvalue weighted by atomic mass is 10.00. The van der Waals surface area contributed by atoms with E-state index in [1.165, 1.54) is 5.56 Å². The normalized spacial score (nSPS) is 14.7. The average molecular weight is 441 g/mol. The molecule has 1 unspecified atom stereocenters. The molecule has 6 nitrogen and oxygen atoms in total. The van der Waals surface area contributed by atoms with Crippen molar-refractivity contribution in [3.05, 3.63) is 89.7 Å². The van der Waals surface area contributed by atoms with Gasteiger partial charge in [0, 0.05) is 12.8 Å². The molecule has 0 amide bonds. The molecule has 0 spiro atoms. The molecular formula is C25H20N4O2S. The molecule has 0 saturated carbocycles. The Morgan fingerprint density at radius 1 is 1.00 bits per heavy atom. The summed E-state index contributed by atoms with van der Waals surface area (Å²) in [6.45, 7) is 0.402. The van der Waals surface area contributed by atoms with Gasteiger partial charge in [-0.25, -0.2) is 0 Å². The zero-order valence-electron chi connectivity index (χ0n) is 17.4. The van der Waals surface area contributed by atoms with Crippen LogP contribution in [-0.4, -0.2) is 21.4 Å². The van der Waals surface area contributed by atoms with Gasteiger partial charge < -0.3 is 14.0 Å². The van der Waals surface area contributed by atoms with Crippen molar-refractivity contribution in [1.82, 2.24) is 14.8 Å². The van der Waals surface area contributed by atoms with E-state index in [9.17, 15) is 5.26 Å². The number of rotatable bonds is 5. The predicted octanol–water partition coefficient (Wildman–Crippen LogP) is 5.16. The number of aromatic nitrogens is 3. The highest BCUT2D eigenvalue weighted by Gasteiger charge is 2.27. The van der Waals surface area contributed by atoms with Crippen molar-refractivity contribution < 1.29 is 9.47 Å². The predicted molar refractivity (Wildman–Crippen MR) is 122 cm³/mol. The third-order valence-electron chi connectivity index (χ3n) is 5.35. The van der Waals surface area contributed by atoms with Crippen molar-refractivity contribution >= 4 is 11.8 Å². The van der Waals surface area contributed by atoms with E-state index in [1.807, 2.05) is 60.1 Å². The van der Waals surface area contributed by atoms with Crippen molar-refractivity contribution in [3.8, 4) is 28.7 Å². The van der Waals surface area contributed by atoms with E-state index in [4.69, 9.17) is 9.47 Å². The van der Waals surface area contributed by atoms with Crippen LogP contribution in [0, 0.1) is 11.3 Å². The summed E-state index contributed by atoms with van der Waals surface area (Å²) in [7, 11) is 1.95. The minimum atomic E-state index is -0.295. The number of ether oxygens (including phenoxy) is 2. The number of fused-ring (bicyclic) bond motifs is 1. The summed E-state index contributed by atoms with van der Waals surface area (Å²) in [5.41, 5.74) is 3.83. The highest BCUT2D eigenvalue weighted by molar-refractivity contribution is 7.98. The maximum Gasteiger partial charge on any atom is 0.192 e. The summed E-state index contributed by atoms with van der Waals surface area (Å²) in [6.07, 6.45) is -0.295. The molecule has 4 aromatic rings. The minimum Gasteiger partial charge on any atom is -0.485 e. The van der Waals surface area contributed by atoms with Gasteiger partial charge in [-0.15, -0.1) is 10.2 Å². The van der Waals surface area contributed by atoms with Gasteiger partial charge in [-0.05, 0) is 34.9 Å². The highest BCUT2D eigenvalue weighted by atomic mass is 32.2. The maximum atomic E-state index is 9.33. The SMILES string of the molecule is Cn1c(SCc2ccc(-c3ccccc3C#N)cc2)nnc1C1COc2ccccc2O1. The van der Waals surface area contributed by atoms with E-state index < -0.39 is 0 Å². The Kier molecular flexibility index (Phi) is 5.53. The number of hydrogen-bond acceptors (Lipinski definition) is 6. The van der Waals surface area contributed by atoms with Crippen LogP contribution >= 0.6 is 11.8 Å². The molecule has 158 valence electrons. The molecule has 0 bridgehead atoms. The van der Waals surface area contributed by atoms with Crippen molar-refractivity contribution in [2.75, 3.05) is 6.61 Å². The Labute approximate surface area is 190 Å². The summed E-state index contributed by atoms with van der Waals surface area (Å²) < 4.78 is 13.8. The largest absolute Gasteiger partial charge is 0.485 e. The van der Waals surface area contributed by atoms with Crippen LogP contribution in [-0.2, 0) is 12.8 Å². The fraction of sp³-hybridized carbons (Fsp3) is 0.160. The number of para-hydroxylation sites is 2. The van der Waals surface area contributed by atoms with Crippen molar-refractivity contribution in [3.63, 3.8) is 0 Å². The minimum absolute atomic E-state index is 0.295. The Morgan fingerprint density at radius 2 is 1.75 bits per heavy atom. The van der Waals surface area contributed by atoms with Gasteiger partial charge in [0.15, 0.2) is 28.6 Å². The quantitative estimate of drug-likeness (QED) is 0.399. The number of benzene rings is 3. The van der Waals surface area contributed by atoms with E-state index in [2.05, 4.69) is 40.5 Å². The zero-order chi connectivity index (χ0) is 21.9. The first-order valence-corrected chi connectivity index (χ1v) is 11.2. The third-order valence-corrected chi connectivity index (χ3v) is 6.44. The van der Waals surface area contributed by atoms with Gasteiger partial charge in [-0.3, -0.25) is 0 Å². The number of nitriles is 1. The Bertz CT molecular complexity index is 1290. The molecule has 1 aliphatic heterocycles. The Morgan fingerprint density at radius 3 is 2.56 bits per heavy atom. The second-order valence-electron chi connectivity index (χ2n) is 7.41. The van der Waals surface area contributed by atoms with E-state index in [0.29, 0.717) is 12.2 Å². The van der Waals surface area contributed by atoms with E-state index >= 15 is 0 Å². The Hall–Kier alpha value is -3.76. The summed E-state index contributed by atoms with van der Waals surface area (Å²) in [5, 5.41) is 18.9. The Balaban J connectivity index is 1.26. The molecule has 1 atom stereocenters. The summed E-state index contributed by atoms with van der Waals surface area (Å²) in [4.78, 5) is 0. The van der Waals surface area contributed by atoms with Gasteiger partial charge in [0.05, 0.1) is 11.6 Å². The smallest absolute Gasteiger partial charge is 0.192 e. The van der Waals surface area contributed by atoms with Crippen molar-refractivity contribution in [2.24, 2.45) is 7.05 Å². The van der Waals surface area contributed by atoms with Gasteiger partial charge in [-0.2, -0.15) is 5.26 Å². The molecule has 1 aliphatic rings. The molecule has 0 fully saturated rings.